The van der Waals surface area contributed by atoms with Gasteiger partial charge < -0.3 is 36.5 Å². The molecule has 0 bridgehead atoms. The Labute approximate surface area is 221 Å². The van der Waals surface area contributed by atoms with Crippen LogP contribution in [0.1, 0.15) is 44.4 Å². The van der Waals surface area contributed by atoms with Crippen LogP contribution in [0.2, 0.25) is 0 Å². The molecule has 0 spiro atoms. The van der Waals surface area contributed by atoms with Crippen molar-refractivity contribution in [1.82, 2.24) is 25.5 Å². The van der Waals surface area contributed by atoms with Gasteiger partial charge in [-0.2, -0.15) is 0 Å². The minimum Gasteiger partial charge on any atom is -0.508 e. The SMILES string of the molecule is CC(C)CC(NC(=O)C(N)Cc1cnc[nH]1)C(=O)NC(Cc1ccc(O)cc1)C(=O)N1CCCC1C(=O)O. The van der Waals surface area contributed by atoms with Crippen molar-refractivity contribution in [3.8, 4) is 5.75 Å². The predicted octanol–water partition coefficient (Wildman–Crippen LogP) is 0.319. The van der Waals surface area contributed by atoms with Gasteiger partial charge in [0.05, 0.1) is 12.4 Å². The normalized spacial score (nSPS) is 17.6. The van der Waals surface area contributed by atoms with Crippen LogP contribution in [0.5, 0.6) is 5.75 Å². The number of hydrogen-bond acceptors (Lipinski definition) is 7. The highest BCUT2D eigenvalue weighted by Crippen LogP contribution is 2.20. The second-order valence-corrected chi connectivity index (χ2v) is 10.0. The molecule has 12 heteroatoms. The molecule has 1 saturated heterocycles. The molecule has 7 N–H and O–H groups in total. The lowest BCUT2D eigenvalue weighted by Crippen LogP contribution is -2.58. The third-order valence-corrected chi connectivity index (χ3v) is 6.48. The van der Waals surface area contributed by atoms with E-state index in [9.17, 15) is 29.4 Å². The summed E-state index contributed by atoms with van der Waals surface area (Å²) in [5, 5.41) is 24.7. The van der Waals surface area contributed by atoms with E-state index >= 15 is 0 Å². The first kappa shape index (κ1) is 28.6. The molecular formula is C26H36N6O6. The molecule has 1 aliphatic heterocycles. The Bertz CT molecular complexity index is 1100. The molecule has 0 aliphatic carbocycles. The number of imidazole rings is 1. The van der Waals surface area contributed by atoms with Crippen molar-refractivity contribution in [3.63, 3.8) is 0 Å². The van der Waals surface area contributed by atoms with Gasteiger partial charge >= 0.3 is 5.97 Å². The van der Waals surface area contributed by atoms with Gasteiger partial charge in [0.2, 0.25) is 17.7 Å². The number of benzene rings is 1. The van der Waals surface area contributed by atoms with Crippen LogP contribution in [0.4, 0.5) is 0 Å². The summed E-state index contributed by atoms with van der Waals surface area (Å²) in [4.78, 5) is 59.5. The summed E-state index contributed by atoms with van der Waals surface area (Å²) >= 11 is 0. The Morgan fingerprint density at radius 3 is 2.39 bits per heavy atom. The molecule has 12 nitrogen and oxygen atoms in total. The summed E-state index contributed by atoms with van der Waals surface area (Å²) in [6.07, 6.45) is 4.51. The fourth-order valence-corrected chi connectivity index (χ4v) is 4.54. The first-order valence-electron chi connectivity index (χ1n) is 12.7. The number of H-pyrrole nitrogens is 1. The van der Waals surface area contributed by atoms with E-state index in [1.807, 2.05) is 13.8 Å². The summed E-state index contributed by atoms with van der Waals surface area (Å²) in [5.74, 6) is -2.60. The number of aromatic amines is 1. The van der Waals surface area contributed by atoms with Crippen LogP contribution in [0.3, 0.4) is 0 Å². The van der Waals surface area contributed by atoms with Gasteiger partial charge in [-0.1, -0.05) is 26.0 Å². The number of phenolic OH excluding ortho intramolecular Hbond substituents is 1. The van der Waals surface area contributed by atoms with E-state index in [0.29, 0.717) is 30.5 Å². The van der Waals surface area contributed by atoms with Crippen LogP contribution in [0, 0.1) is 5.92 Å². The Morgan fingerprint density at radius 2 is 1.79 bits per heavy atom. The second kappa shape index (κ2) is 13.0. The number of hydrogen-bond donors (Lipinski definition) is 6. The van der Waals surface area contributed by atoms with Crippen molar-refractivity contribution >= 4 is 23.7 Å². The van der Waals surface area contributed by atoms with Gasteiger partial charge in [-0.25, -0.2) is 9.78 Å². The monoisotopic (exact) mass is 528 g/mol. The number of aromatic hydroxyl groups is 1. The zero-order valence-electron chi connectivity index (χ0n) is 21.6. The number of amides is 3. The van der Waals surface area contributed by atoms with Crippen molar-refractivity contribution in [3.05, 3.63) is 48.0 Å². The molecule has 0 radical (unpaired) electrons. The van der Waals surface area contributed by atoms with E-state index in [1.165, 1.54) is 23.4 Å². The smallest absolute Gasteiger partial charge is 0.326 e. The zero-order chi connectivity index (χ0) is 27.8. The number of nitrogens with zero attached hydrogens (tertiary/aromatic N) is 2. The molecule has 1 fully saturated rings. The fraction of sp³-hybridized carbons (Fsp3) is 0.500. The topological polar surface area (TPSA) is 191 Å². The number of likely N-dealkylation sites (tertiary alicyclic amines) is 1. The molecule has 3 amide bonds. The number of carboxylic acids is 1. The number of aromatic nitrogens is 2. The van der Waals surface area contributed by atoms with Crippen LogP contribution >= 0.6 is 0 Å². The summed E-state index contributed by atoms with van der Waals surface area (Å²) in [5.41, 5.74) is 7.39. The highest BCUT2D eigenvalue weighted by molar-refractivity contribution is 5.94. The molecule has 1 aromatic carbocycles. The maximum atomic E-state index is 13.5. The van der Waals surface area contributed by atoms with Crippen molar-refractivity contribution in [2.45, 2.75) is 70.1 Å². The van der Waals surface area contributed by atoms with Crippen molar-refractivity contribution in [2.24, 2.45) is 11.7 Å². The summed E-state index contributed by atoms with van der Waals surface area (Å²) in [6.45, 7) is 4.07. The highest BCUT2D eigenvalue weighted by Gasteiger charge is 2.38. The number of carbonyl (C=O) groups is 4. The second-order valence-electron chi connectivity index (χ2n) is 10.0. The van der Waals surface area contributed by atoms with Gasteiger partial charge in [-0.15, -0.1) is 0 Å². The molecule has 206 valence electrons. The lowest BCUT2D eigenvalue weighted by atomic mass is 10.00. The van der Waals surface area contributed by atoms with Gasteiger partial charge in [-0.05, 0) is 42.9 Å². The van der Waals surface area contributed by atoms with E-state index < -0.39 is 47.9 Å². The molecule has 1 aliphatic rings. The number of nitrogens with two attached hydrogens (primary N) is 1. The minimum absolute atomic E-state index is 0.0381. The van der Waals surface area contributed by atoms with Gasteiger partial charge in [0.25, 0.3) is 0 Å². The van der Waals surface area contributed by atoms with E-state index in [-0.39, 0.29) is 31.1 Å². The molecule has 1 aromatic heterocycles. The van der Waals surface area contributed by atoms with E-state index in [0.717, 1.165) is 0 Å². The van der Waals surface area contributed by atoms with Crippen LogP contribution in [0.25, 0.3) is 0 Å². The Hall–Kier alpha value is -3.93. The third kappa shape index (κ3) is 7.78. The average molecular weight is 529 g/mol. The van der Waals surface area contributed by atoms with Gasteiger partial charge in [0, 0.05) is 31.3 Å². The molecule has 2 aromatic rings. The Morgan fingerprint density at radius 1 is 1.11 bits per heavy atom. The van der Waals surface area contributed by atoms with Gasteiger partial charge in [-0.3, -0.25) is 14.4 Å². The number of nitrogens with one attached hydrogen (secondary N) is 3. The van der Waals surface area contributed by atoms with Crippen molar-refractivity contribution in [2.75, 3.05) is 6.54 Å². The van der Waals surface area contributed by atoms with E-state index in [1.54, 1.807) is 18.3 Å². The zero-order valence-corrected chi connectivity index (χ0v) is 21.6. The van der Waals surface area contributed by atoms with E-state index in [4.69, 9.17) is 5.73 Å². The lowest BCUT2D eigenvalue weighted by molar-refractivity contribution is -0.149. The average Bonchev–Trinajstić information content (AvgIpc) is 3.56. The highest BCUT2D eigenvalue weighted by atomic mass is 16.4. The van der Waals surface area contributed by atoms with Crippen molar-refractivity contribution < 1.29 is 29.4 Å². The number of carbonyl (C=O) groups excluding carboxylic acids is 3. The largest absolute Gasteiger partial charge is 0.508 e. The van der Waals surface area contributed by atoms with Gasteiger partial charge in [0.15, 0.2) is 0 Å². The molecule has 2 heterocycles. The number of rotatable bonds is 12. The number of carboxylic acid groups (broad SMARTS) is 1. The summed E-state index contributed by atoms with van der Waals surface area (Å²) in [6, 6.07) is 2.28. The Balaban J connectivity index is 1.78. The minimum atomic E-state index is -1.10. The molecular weight excluding hydrogens is 492 g/mol. The van der Waals surface area contributed by atoms with Gasteiger partial charge in [0.1, 0.15) is 23.9 Å². The molecule has 3 rings (SSSR count). The first-order chi connectivity index (χ1) is 18.0. The third-order valence-electron chi connectivity index (χ3n) is 6.48. The maximum absolute atomic E-state index is 13.5. The molecule has 4 unspecified atom stereocenters. The molecule has 38 heavy (non-hydrogen) atoms. The fourth-order valence-electron chi connectivity index (χ4n) is 4.54. The predicted molar refractivity (Wildman–Crippen MR) is 138 cm³/mol. The summed E-state index contributed by atoms with van der Waals surface area (Å²) in [7, 11) is 0. The maximum Gasteiger partial charge on any atom is 0.326 e. The first-order valence-corrected chi connectivity index (χ1v) is 12.7. The molecule has 4 atom stereocenters. The van der Waals surface area contributed by atoms with Crippen LogP contribution in [-0.2, 0) is 32.0 Å². The lowest BCUT2D eigenvalue weighted by Gasteiger charge is -2.29. The Kier molecular flexibility index (Phi) is 9.83. The van der Waals surface area contributed by atoms with E-state index in [2.05, 4.69) is 20.6 Å². The number of phenols is 1. The number of aliphatic carboxylic acids is 1. The van der Waals surface area contributed by atoms with Crippen LogP contribution in [-0.4, -0.2) is 79.5 Å². The van der Waals surface area contributed by atoms with Crippen molar-refractivity contribution in [1.29, 1.82) is 0 Å². The quantitative estimate of drug-likeness (QED) is 0.227. The molecule has 0 saturated carbocycles. The van der Waals surface area contributed by atoms with Crippen LogP contribution < -0.4 is 16.4 Å². The standard InChI is InChI=1S/C26H36N6O6/c1-15(2)10-20(30-23(34)19(27)12-17-13-28-14-29-17)24(35)31-21(11-16-5-7-18(33)8-6-16)25(36)32-9-3-4-22(32)26(37)38/h5-8,13-15,19-22,33H,3-4,9-12,27H2,1-2H3,(H,28,29)(H,30,34)(H,31,35)(H,37,38). The van der Waals surface area contributed by atoms with Crippen LogP contribution in [0.15, 0.2) is 36.8 Å². The summed E-state index contributed by atoms with van der Waals surface area (Å²) < 4.78 is 0.